The van der Waals surface area contributed by atoms with Gasteiger partial charge in [-0.05, 0) is 14.0 Å². The molecule has 0 bridgehead atoms. The molecule has 0 atom stereocenters. The Hall–Kier alpha value is 2.74. The van der Waals surface area contributed by atoms with E-state index in [0.717, 1.165) is 6.42 Å². The average Bonchev–Trinajstić information content (AvgIpc) is 1.80. The first-order valence-electron chi connectivity index (χ1n) is 2.94. The van der Waals surface area contributed by atoms with Crippen molar-refractivity contribution in [2.75, 3.05) is 13.6 Å². The van der Waals surface area contributed by atoms with E-state index < -0.39 is 0 Å². The first kappa shape index (κ1) is 24.1. The molecule has 3 nitrogen and oxygen atoms in total. The molecule has 0 rings (SSSR count). The fourth-order valence-corrected chi connectivity index (χ4v) is 0.431. The van der Waals surface area contributed by atoms with Crippen LogP contribution in [0.25, 0.3) is 5.32 Å². The summed E-state index contributed by atoms with van der Waals surface area (Å²) in [6.45, 7) is 3.92. The van der Waals surface area contributed by atoms with E-state index in [1.54, 1.807) is 0 Å². The molecule has 0 aliphatic rings. The number of carbonyl (C=O) groups is 1. The number of amides is 1. The van der Waals surface area contributed by atoms with Crippen LogP contribution in [0.4, 0.5) is 0 Å². The molecule has 0 saturated carbocycles. The van der Waals surface area contributed by atoms with Crippen molar-refractivity contribution in [2.45, 2.75) is 13.3 Å². The SMILES string of the molecule is CN[CH-]CC[N-]C(C)=O.[Y].[Y].[Y]. The quantitative estimate of drug-likeness (QED) is 0.562. The molecule has 63 valence electrons. The van der Waals surface area contributed by atoms with Crippen LogP contribution < -0.4 is 5.32 Å². The molecule has 0 aromatic carbocycles. The summed E-state index contributed by atoms with van der Waals surface area (Å²) in [7, 11) is 1.83. The minimum absolute atomic E-state index is 0. The van der Waals surface area contributed by atoms with Crippen LogP contribution in [0.3, 0.4) is 0 Å². The minimum atomic E-state index is -0.0977. The number of hydrogen-bond donors (Lipinski definition) is 1. The first-order valence-corrected chi connectivity index (χ1v) is 2.94. The molecule has 0 unspecified atom stereocenters. The van der Waals surface area contributed by atoms with Crippen LogP contribution in [0.15, 0.2) is 0 Å². The minimum Gasteiger partial charge on any atom is -0.656 e. The zero-order chi connectivity index (χ0) is 7.11. The van der Waals surface area contributed by atoms with Gasteiger partial charge in [0.05, 0.1) is 0 Å². The Morgan fingerprint density at radius 3 is 2.25 bits per heavy atom. The Morgan fingerprint density at radius 1 is 1.42 bits per heavy atom. The summed E-state index contributed by atoms with van der Waals surface area (Å²) in [5, 5.41) is 6.50. The molecule has 0 fully saturated rings. The first-order chi connectivity index (χ1) is 4.27. The predicted octanol–water partition coefficient (Wildman–Crippen LogP) is 0.670. The molecule has 0 aliphatic heterocycles. The number of nitrogens with one attached hydrogen (secondary N) is 1. The summed E-state index contributed by atoms with van der Waals surface area (Å²) >= 11 is 0. The van der Waals surface area contributed by atoms with E-state index in [0.29, 0.717) is 6.54 Å². The Balaban J connectivity index is -0.000000107. The smallest absolute Gasteiger partial charge is 0.0479 e. The molecule has 0 aromatic heterocycles. The standard InChI is InChI=1S/C6H13N2O.3Y/c1-6(9)8-5-3-4-7-2;;;/h4,7H,3,5H2,1-2H3,(H,8,9);;;/q-1;;;/p-1. The van der Waals surface area contributed by atoms with Gasteiger partial charge < -0.3 is 15.4 Å². The van der Waals surface area contributed by atoms with Gasteiger partial charge in [0.15, 0.2) is 0 Å². The van der Waals surface area contributed by atoms with Gasteiger partial charge in [-0.1, -0.05) is 0 Å². The third-order valence-electron chi connectivity index (χ3n) is 0.812. The van der Waals surface area contributed by atoms with Crippen LogP contribution in [0.2, 0.25) is 0 Å². The van der Waals surface area contributed by atoms with Gasteiger partial charge in [-0.2, -0.15) is 13.0 Å². The van der Waals surface area contributed by atoms with Gasteiger partial charge in [0.25, 0.3) is 0 Å². The topological polar surface area (TPSA) is 43.2 Å². The molecular formula is C6H12N2OY3-2. The molecule has 0 aromatic rings. The molecule has 0 heterocycles. The molecular weight excluding hydrogens is 383 g/mol. The summed E-state index contributed by atoms with van der Waals surface area (Å²) in [6, 6.07) is 0. The summed E-state index contributed by atoms with van der Waals surface area (Å²) in [4.78, 5) is 10.2. The number of hydrogen-bond acceptors (Lipinski definition) is 2. The van der Waals surface area contributed by atoms with E-state index in [2.05, 4.69) is 10.6 Å². The fourth-order valence-electron chi connectivity index (χ4n) is 0.431. The number of carbonyl (C=O) groups excluding carboxylic acids is 1. The van der Waals surface area contributed by atoms with Crippen molar-refractivity contribution in [1.82, 2.24) is 5.32 Å². The van der Waals surface area contributed by atoms with Crippen LogP contribution in [0.1, 0.15) is 13.3 Å². The molecule has 0 aliphatic carbocycles. The van der Waals surface area contributed by atoms with Gasteiger partial charge in [0, 0.05) is 104 Å². The van der Waals surface area contributed by atoms with Crippen LogP contribution in [-0.4, -0.2) is 19.5 Å². The van der Waals surface area contributed by atoms with E-state index in [1.807, 2.05) is 13.6 Å². The van der Waals surface area contributed by atoms with E-state index in [4.69, 9.17) is 0 Å². The van der Waals surface area contributed by atoms with E-state index in [1.165, 1.54) is 6.92 Å². The van der Waals surface area contributed by atoms with Crippen LogP contribution in [-0.2, 0) is 103 Å². The van der Waals surface area contributed by atoms with Crippen LogP contribution in [0, 0.1) is 6.54 Å². The van der Waals surface area contributed by atoms with Crippen molar-refractivity contribution < 1.29 is 103 Å². The van der Waals surface area contributed by atoms with Crippen molar-refractivity contribution in [2.24, 2.45) is 0 Å². The molecule has 1 amide bonds. The fraction of sp³-hybridized carbons (Fsp3) is 0.667. The summed E-state index contributed by atoms with van der Waals surface area (Å²) in [5.74, 6) is -0.0977. The van der Waals surface area contributed by atoms with Gasteiger partial charge in [0.2, 0.25) is 0 Å². The molecule has 0 spiro atoms. The van der Waals surface area contributed by atoms with Gasteiger partial charge in [0.1, 0.15) is 0 Å². The average molecular weight is 395 g/mol. The van der Waals surface area contributed by atoms with E-state index in [-0.39, 0.29) is 104 Å². The molecule has 1 N–H and O–H groups in total. The Morgan fingerprint density at radius 2 is 1.92 bits per heavy atom. The zero-order valence-electron chi connectivity index (χ0n) is 7.58. The third-order valence-corrected chi connectivity index (χ3v) is 0.812. The molecule has 12 heavy (non-hydrogen) atoms. The Labute approximate surface area is 150 Å². The van der Waals surface area contributed by atoms with Crippen LogP contribution >= 0.6 is 0 Å². The molecule has 6 heteroatoms. The van der Waals surface area contributed by atoms with Crippen molar-refractivity contribution in [3.63, 3.8) is 0 Å². The van der Waals surface area contributed by atoms with Gasteiger partial charge >= 0.3 is 0 Å². The summed E-state index contributed by atoms with van der Waals surface area (Å²) in [6.07, 6.45) is 0.816. The predicted molar refractivity (Wildman–Crippen MR) is 36.9 cm³/mol. The second-order valence-electron chi connectivity index (χ2n) is 1.68. The largest absolute Gasteiger partial charge is 0.656 e. The van der Waals surface area contributed by atoms with Crippen molar-refractivity contribution in [3.8, 4) is 0 Å². The normalized spacial score (nSPS) is 6.83. The maximum atomic E-state index is 10.2. The molecule has 0 saturated heterocycles. The monoisotopic (exact) mass is 395 g/mol. The Kier molecular flexibility index (Phi) is 38.9. The number of rotatable bonds is 4. The van der Waals surface area contributed by atoms with Crippen molar-refractivity contribution >= 4 is 5.91 Å². The maximum Gasteiger partial charge on any atom is 0.0479 e. The second-order valence-corrected chi connectivity index (χ2v) is 1.68. The van der Waals surface area contributed by atoms with Gasteiger partial charge in [-0.25, -0.2) is 0 Å². The maximum absolute atomic E-state index is 10.2. The van der Waals surface area contributed by atoms with Gasteiger partial charge in [-0.3, -0.25) is 6.54 Å². The van der Waals surface area contributed by atoms with Crippen molar-refractivity contribution in [1.29, 1.82) is 0 Å². The van der Waals surface area contributed by atoms with E-state index in [9.17, 15) is 4.79 Å². The zero-order valence-corrected chi connectivity index (χ0v) is 16.1. The van der Waals surface area contributed by atoms with E-state index >= 15 is 0 Å². The summed E-state index contributed by atoms with van der Waals surface area (Å²) < 4.78 is 0. The Bertz CT molecular complexity index is 92.9. The van der Waals surface area contributed by atoms with Gasteiger partial charge in [-0.15, -0.1) is 0 Å². The third kappa shape index (κ3) is 23.0. The summed E-state index contributed by atoms with van der Waals surface area (Å²) in [5.41, 5.74) is 0. The molecule has 3 radical (unpaired) electrons. The van der Waals surface area contributed by atoms with Crippen molar-refractivity contribution in [3.05, 3.63) is 11.9 Å². The number of nitrogens with zero attached hydrogens (tertiary/aromatic N) is 1. The van der Waals surface area contributed by atoms with Crippen LogP contribution in [0.5, 0.6) is 0 Å². The second kappa shape index (κ2) is 19.3.